The van der Waals surface area contributed by atoms with Crippen LogP contribution in [0.2, 0.25) is 15.2 Å². The molecule has 0 spiro atoms. The zero-order valence-electron chi connectivity index (χ0n) is 10.4. The second kappa shape index (κ2) is 5.64. The standard InChI is InChI=1S/C12H17Cl3N2/c1-7(2)12(3,4)6-16-11-9(14)5-8(13)10(15)17-11/h5,7H,6H2,1-4H3,(H,16,17). The molecule has 0 radical (unpaired) electrons. The molecule has 0 saturated carbocycles. The maximum Gasteiger partial charge on any atom is 0.150 e. The summed E-state index contributed by atoms with van der Waals surface area (Å²) in [6, 6.07) is 1.60. The van der Waals surface area contributed by atoms with E-state index in [0.29, 0.717) is 21.8 Å². The topological polar surface area (TPSA) is 24.9 Å². The molecule has 0 fully saturated rings. The van der Waals surface area contributed by atoms with Crippen LogP contribution in [0.1, 0.15) is 27.7 Å². The SMILES string of the molecule is CC(C)C(C)(C)CNc1nc(Cl)c(Cl)cc1Cl. The highest BCUT2D eigenvalue weighted by molar-refractivity contribution is 6.42. The van der Waals surface area contributed by atoms with Gasteiger partial charge in [0.15, 0.2) is 0 Å². The van der Waals surface area contributed by atoms with E-state index in [1.165, 1.54) is 0 Å². The third kappa shape index (κ3) is 3.90. The van der Waals surface area contributed by atoms with Gasteiger partial charge in [0.2, 0.25) is 0 Å². The molecule has 1 aromatic heterocycles. The van der Waals surface area contributed by atoms with Crippen LogP contribution in [0.3, 0.4) is 0 Å². The van der Waals surface area contributed by atoms with E-state index in [1.807, 2.05) is 0 Å². The Morgan fingerprint density at radius 3 is 2.35 bits per heavy atom. The van der Waals surface area contributed by atoms with Crippen molar-refractivity contribution in [2.24, 2.45) is 11.3 Å². The maximum absolute atomic E-state index is 6.04. The molecular formula is C12H17Cl3N2. The Morgan fingerprint density at radius 1 is 1.24 bits per heavy atom. The van der Waals surface area contributed by atoms with Gasteiger partial charge < -0.3 is 5.32 Å². The maximum atomic E-state index is 6.04. The molecule has 0 saturated heterocycles. The van der Waals surface area contributed by atoms with Crippen molar-refractivity contribution in [3.63, 3.8) is 0 Å². The van der Waals surface area contributed by atoms with Crippen molar-refractivity contribution >= 4 is 40.6 Å². The predicted molar refractivity (Wildman–Crippen MR) is 76.4 cm³/mol. The number of halogens is 3. The van der Waals surface area contributed by atoms with Crippen molar-refractivity contribution in [1.82, 2.24) is 4.98 Å². The molecular weight excluding hydrogens is 279 g/mol. The zero-order valence-corrected chi connectivity index (χ0v) is 12.7. The van der Waals surface area contributed by atoms with Crippen LogP contribution in [0.4, 0.5) is 5.82 Å². The van der Waals surface area contributed by atoms with Crippen LogP contribution in [-0.4, -0.2) is 11.5 Å². The highest BCUT2D eigenvalue weighted by Gasteiger charge is 2.22. The molecule has 1 N–H and O–H groups in total. The predicted octanol–water partition coefficient (Wildman–Crippen LogP) is 5.14. The Morgan fingerprint density at radius 2 is 1.82 bits per heavy atom. The fourth-order valence-corrected chi connectivity index (χ4v) is 1.65. The van der Waals surface area contributed by atoms with Crippen LogP contribution in [0, 0.1) is 11.3 Å². The number of pyridine rings is 1. The summed E-state index contributed by atoms with van der Waals surface area (Å²) in [6.45, 7) is 9.53. The molecule has 0 aliphatic carbocycles. The molecule has 1 rings (SSSR count). The summed E-state index contributed by atoms with van der Waals surface area (Å²) in [6.07, 6.45) is 0. The third-order valence-corrected chi connectivity index (χ3v) is 4.12. The van der Waals surface area contributed by atoms with Crippen LogP contribution in [-0.2, 0) is 0 Å². The largest absolute Gasteiger partial charge is 0.368 e. The normalized spacial score (nSPS) is 12.0. The average molecular weight is 296 g/mol. The van der Waals surface area contributed by atoms with E-state index in [-0.39, 0.29) is 10.6 Å². The molecule has 96 valence electrons. The van der Waals surface area contributed by atoms with Gasteiger partial charge >= 0.3 is 0 Å². The molecule has 0 bridgehead atoms. The number of anilines is 1. The van der Waals surface area contributed by atoms with Crippen molar-refractivity contribution in [2.75, 3.05) is 11.9 Å². The van der Waals surface area contributed by atoms with Gasteiger partial charge in [0, 0.05) is 6.54 Å². The molecule has 0 aliphatic rings. The summed E-state index contributed by atoms with van der Waals surface area (Å²) in [7, 11) is 0. The van der Waals surface area contributed by atoms with E-state index >= 15 is 0 Å². The first-order valence-corrected chi connectivity index (χ1v) is 6.63. The van der Waals surface area contributed by atoms with Crippen LogP contribution in [0.25, 0.3) is 0 Å². The third-order valence-electron chi connectivity index (χ3n) is 3.16. The van der Waals surface area contributed by atoms with Crippen molar-refractivity contribution in [3.8, 4) is 0 Å². The summed E-state index contributed by atoms with van der Waals surface area (Å²) < 4.78 is 0. The van der Waals surface area contributed by atoms with Gasteiger partial charge in [-0.15, -0.1) is 0 Å². The number of hydrogen-bond donors (Lipinski definition) is 1. The summed E-state index contributed by atoms with van der Waals surface area (Å²) in [5, 5.41) is 4.33. The van der Waals surface area contributed by atoms with E-state index in [1.54, 1.807) is 6.07 Å². The molecule has 17 heavy (non-hydrogen) atoms. The Balaban J connectivity index is 2.80. The van der Waals surface area contributed by atoms with Gasteiger partial charge in [0.1, 0.15) is 11.0 Å². The Kier molecular flexibility index (Phi) is 4.94. The number of nitrogens with one attached hydrogen (secondary N) is 1. The van der Waals surface area contributed by atoms with Crippen molar-refractivity contribution in [3.05, 3.63) is 21.3 Å². The minimum atomic E-state index is 0.150. The summed E-state index contributed by atoms with van der Waals surface area (Å²) in [5.74, 6) is 1.13. The first kappa shape index (κ1) is 14.9. The van der Waals surface area contributed by atoms with Crippen molar-refractivity contribution < 1.29 is 0 Å². The first-order valence-electron chi connectivity index (χ1n) is 5.49. The van der Waals surface area contributed by atoms with Crippen LogP contribution >= 0.6 is 34.8 Å². The second-order valence-corrected chi connectivity index (χ2v) is 6.26. The lowest BCUT2D eigenvalue weighted by Gasteiger charge is -2.29. The molecule has 0 amide bonds. The highest BCUT2D eigenvalue weighted by atomic mass is 35.5. The van der Waals surface area contributed by atoms with Gasteiger partial charge in [0.05, 0.1) is 10.0 Å². The fourth-order valence-electron chi connectivity index (χ4n) is 1.08. The molecule has 2 nitrogen and oxygen atoms in total. The Labute approximate surface area is 118 Å². The van der Waals surface area contributed by atoms with Gasteiger partial charge in [-0.1, -0.05) is 62.5 Å². The van der Waals surface area contributed by atoms with Crippen LogP contribution in [0.15, 0.2) is 6.07 Å². The van der Waals surface area contributed by atoms with E-state index < -0.39 is 0 Å². The number of nitrogens with zero attached hydrogens (tertiary/aromatic N) is 1. The molecule has 0 unspecified atom stereocenters. The molecule has 0 aliphatic heterocycles. The first-order chi connectivity index (χ1) is 7.74. The van der Waals surface area contributed by atoms with Gasteiger partial charge in [0.25, 0.3) is 0 Å². The van der Waals surface area contributed by atoms with Crippen molar-refractivity contribution in [1.29, 1.82) is 0 Å². The van der Waals surface area contributed by atoms with E-state index in [2.05, 4.69) is 38.0 Å². The lowest BCUT2D eigenvalue weighted by atomic mass is 9.81. The quantitative estimate of drug-likeness (QED) is 0.778. The summed E-state index contributed by atoms with van der Waals surface area (Å²) >= 11 is 17.7. The minimum absolute atomic E-state index is 0.150. The minimum Gasteiger partial charge on any atom is -0.368 e. The Hall–Kier alpha value is -0.180. The zero-order chi connectivity index (χ0) is 13.2. The smallest absolute Gasteiger partial charge is 0.150 e. The highest BCUT2D eigenvalue weighted by Crippen LogP contribution is 2.31. The lowest BCUT2D eigenvalue weighted by molar-refractivity contribution is 0.269. The fraction of sp³-hybridized carbons (Fsp3) is 0.583. The monoisotopic (exact) mass is 294 g/mol. The van der Waals surface area contributed by atoms with Gasteiger partial charge in [-0.25, -0.2) is 4.98 Å². The number of hydrogen-bond acceptors (Lipinski definition) is 2. The molecule has 0 aromatic carbocycles. The Bertz CT molecular complexity index is 403. The number of rotatable bonds is 4. The number of aromatic nitrogens is 1. The van der Waals surface area contributed by atoms with Gasteiger partial charge in [-0.2, -0.15) is 0 Å². The summed E-state index contributed by atoms with van der Waals surface area (Å²) in [5.41, 5.74) is 0.150. The molecule has 1 aromatic rings. The molecule has 5 heteroatoms. The van der Waals surface area contributed by atoms with E-state index in [4.69, 9.17) is 34.8 Å². The van der Waals surface area contributed by atoms with Gasteiger partial charge in [-0.05, 0) is 17.4 Å². The summed E-state index contributed by atoms with van der Waals surface area (Å²) in [4.78, 5) is 4.13. The van der Waals surface area contributed by atoms with Gasteiger partial charge in [-0.3, -0.25) is 0 Å². The average Bonchev–Trinajstić information content (AvgIpc) is 2.21. The lowest BCUT2D eigenvalue weighted by Crippen LogP contribution is -2.28. The molecule has 1 heterocycles. The van der Waals surface area contributed by atoms with Crippen molar-refractivity contribution in [2.45, 2.75) is 27.7 Å². The molecule has 0 atom stereocenters. The van der Waals surface area contributed by atoms with Crippen LogP contribution in [0.5, 0.6) is 0 Å². The van der Waals surface area contributed by atoms with Crippen LogP contribution < -0.4 is 5.32 Å². The second-order valence-electron chi connectivity index (χ2n) is 5.09. The van der Waals surface area contributed by atoms with E-state index in [0.717, 1.165) is 6.54 Å². The van der Waals surface area contributed by atoms with E-state index in [9.17, 15) is 0 Å².